The van der Waals surface area contributed by atoms with Gasteiger partial charge >= 0.3 is 0 Å². The van der Waals surface area contributed by atoms with Gasteiger partial charge in [-0.3, -0.25) is 0 Å². The maximum atomic E-state index is 10.0. The Morgan fingerprint density at radius 1 is 0.330 bits per heavy atom. The topological polar surface area (TPSA) is 95.2 Å². The number of nitriles is 4. The monoisotopic (exact) mass is 1540 g/mol. The molecule has 10 heteroatoms. The van der Waals surface area contributed by atoms with Crippen LogP contribution in [0, 0.1) is 101 Å². The van der Waals surface area contributed by atoms with Crippen LogP contribution in [0.3, 0.4) is 0 Å². The summed E-state index contributed by atoms with van der Waals surface area (Å²) < 4.78 is 4.26. The van der Waals surface area contributed by atoms with E-state index in [0.29, 0.717) is 4.53 Å². The zero-order valence-corrected chi connectivity index (χ0v) is 67.7. The molecule has 0 N–H and O–H groups in total. The lowest BCUT2D eigenvalue weighted by Gasteiger charge is -2.36. The molecule has 112 heavy (non-hydrogen) atoms. The van der Waals surface area contributed by atoms with E-state index in [1.807, 2.05) is 63.6 Å². The lowest BCUT2D eigenvalue weighted by atomic mass is 9.65. The molecule has 4 nitrogen and oxygen atoms in total. The zero-order chi connectivity index (χ0) is 76.4. The van der Waals surface area contributed by atoms with Gasteiger partial charge in [0, 0.05) is 55.1 Å². The van der Waals surface area contributed by atoms with Crippen LogP contribution in [-0.4, -0.2) is 5.25 Å². The molecular weight excluding hydrogens is 1470 g/mol. The second-order valence-corrected chi connectivity index (χ2v) is 37.7. The first-order chi connectivity index (χ1) is 54.5. The molecule has 15 aromatic rings. The molecule has 5 aliphatic rings. The van der Waals surface area contributed by atoms with Crippen molar-refractivity contribution in [3.63, 3.8) is 0 Å². The summed E-state index contributed by atoms with van der Waals surface area (Å²) in [6, 6.07) is 103. The van der Waals surface area contributed by atoms with Crippen LogP contribution in [0.15, 0.2) is 265 Å². The number of allylic oxidation sites excluding steroid dienone is 2. The van der Waals surface area contributed by atoms with Gasteiger partial charge in [-0.2, -0.15) is 21.0 Å². The molecule has 0 saturated carbocycles. The van der Waals surface area contributed by atoms with Crippen molar-refractivity contribution in [2.45, 2.75) is 88.7 Å². The Balaban J connectivity index is 0.910. The van der Waals surface area contributed by atoms with Crippen LogP contribution in [0.4, 0.5) is 0 Å². The minimum atomic E-state index is -0.820. The van der Waals surface area contributed by atoms with Gasteiger partial charge in [0.15, 0.2) is 0 Å². The second kappa shape index (κ2) is 26.0. The van der Waals surface area contributed by atoms with Crippen molar-refractivity contribution in [2.75, 3.05) is 0 Å². The summed E-state index contributed by atoms with van der Waals surface area (Å²) in [4.78, 5) is 8.18. The van der Waals surface area contributed by atoms with Crippen LogP contribution in [0.25, 0.3) is 62.8 Å². The Hall–Kier alpha value is -11.5. The normalized spacial score (nSPS) is 15.7. The second-order valence-electron chi connectivity index (χ2n) is 31.1. The number of rotatable bonds is 11. The summed E-state index contributed by atoms with van der Waals surface area (Å²) in [6.45, 7) is 17.6. The number of thiophene rings is 5. The Kier molecular flexibility index (Phi) is 16.2. The molecule has 0 amide bonds. The van der Waals surface area contributed by atoms with Gasteiger partial charge in [0.05, 0.1) is 35.6 Å². The number of fused-ring (bicyclic) bond motifs is 15. The molecule has 5 aromatic heterocycles. The fourth-order valence-electron chi connectivity index (χ4n) is 19.1. The predicted molar refractivity (Wildman–Crippen MR) is 467 cm³/mol. The van der Waals surface area contributed by atoms with Gasteiger partial charge in [0.25, 0.3) is 0 Å². The summed E-state index contributed by atoms with van der Waals surface area (Å²) in [7, 11) is 0. The molecule has 0 bridgehead atoms. The lowest BCUT2D eigenvalue weighted by molar-refractivity contribution is 0.760. The Bertz CT molecular complexity index is 6680. The number of thioether (sulfide) groups is 1. The molecule has 0 fully saturated rings. The Morgan fingerprint density at radius 3 is 1.01 bits per heavy atom. The van der Waals surface area contributed by atoms with Crippen molar-refractivity contribution in [1.82, 2.24) is 0 Å². The first-order valence-corrected chi connectivity index (χ1v) is 42.8. The van der Waals surface area contributed by atoms with Crippen molar-refractivity contribution in [3.05, 3.63) is 418 Å². The largest absolute Gasteiger partial charge is 0.192 e. The molecule has 4 aliphatic carbocycles. The number of hydrogen-bond donors (Lipinski definition) is 0. The van der Waals surface area contributed by atoms with Crippen molar-refractivity contribution < 1.29 is 0 Å². The fraction of sp³-hybridized carbons (Fsp3) is 0.137. The van der Waals surface area contributed by atoms with Gasteiger partial charge in [0.1, 0.15) is 35.4 Å². The number of benzene rings is 10. The van der Waals surface area contributed by atoms with Crippen LogP contribution in [0.5, 0.6) is 0 Å². The molecule has 6 heterocycles. The molecule has 1 aliphatic heterocycles. The maximum Gasteiger partial charge on any atom is 0.146 e. The average molecular weight is 1540 g/mol. The number of hydrogen-bond acceptors (Lipinski definition) is 10. The highest BCUT2D eigenvalue weighted by Gasteiger charge is 2.58. The highest BCUT2D eigenvalue weighted by molar-refractivity contribution is 8.04. The predicted octanol–water partition coefficient (Wildman–Crippen LogP) is 24.6. The van der Waals surface area contributed by atoms with E-state index in [1.165, 1.54) is 201 Å². The van der Waals surface area contributed by atoms with E-state index in [9.17, 15) is 21.0 Å². The smallest absolute Gasteiger partial charge is 0.146 e. The van der Waals surface area contributed by atoms with E-state index in [-0.39, 0.29) is 16.4 Å². The highest BCUT2D eigenvalue weighted by Crippen LogP contribution is 2.72. The third kappa shape index (κ3) is 9.97. The maximum absolute atomic E-state index is 10.0. The molecule has 1 unspecified atom stereocenters. The summed E-state index contributed by atoms with van der Waals surface area (Å²) in [6.07, 6.45) is 7.14. The molecule has 1 atom stereocenters. The summed E-state index contributed by atoms with van der Waals surface area (Å²) >= 11 is 10.8. The van der Waals surface area contributed by atoms with Gasteiger partial charge in [-0.05, 0) is 223 Å². The van der Waals surface area contributed by atoms with Gasteiger partial charge in [-0.15, -0.1) is 68.4 Å². The van der Waals surface area contributed by atoms with Gasteiger partial charge < -0.3 is 0 Å². The minimum Gasteiger partial charge on any atom is -0.192 e. The molecule has 0 spiro atoms. The van der Waals surface area contributed by atoms with Gasteiger partial charge in [-0.1, -0.05) is 245 Å². The van der Waals surface area contributed by atoms with E-state index in [1.54, 1.807) is 11.8 Å². The first-order valence-electron chi connectivity index (χ1n) is 37.9. The van der Waals surface area contributed by atoms with E-state index >= 15 is 0 Å². The fourth-order valence-corrected chi connectivity index (χ4v) is 27.0. The number of aryl methyl sites for hydroxylation is 8. The van der Waals surface area contributed by atoms with Gasteiger partial charge in [-0.25, -0.2) is 0 Å². The summed E-state index contributed by atoms with van der Waals surface area (Å²) in [5.41, 5.74) is 31.7. The Labute approximate surface area is 677 Å². The van der Waals surface area contributed by atoms with E-state index < -0.39 is 21.7 Å². The van der Waals surface area contributed by atoms with E-state index in [2.05, 4.69) is 322 Å². The van der Waals surface area contributed by atoms with Crippen LogP contribution >= 0.6 is 68.4 Å². The minimum absolute atomic E-state index is 0.0574. The quantitative estimate of drug-likeness (QED) is 0.120. The van der Waals surface area contributed by atoms with Crippen molar-refractivity contribution in [2.24, 2.45) is 0 Å². The summed E-state index contributed by atoms with van der Waals surface area (Å²) in [5.74, 6) is 0. The van der Waals surface area contributed by atoms with Crippen molar-refractivity contribution in [1.29, 1.82) is 21.0 Å². The zero-order valence-electron chi connectivity index (χ0n) is 62.8. The van der Waals surface area contributed by atoms with E-state index in [0.717, 1.165) is 20.7 Å². The van der Waals surface area contributed by atoms with Crippen molar-refractivity contribution >= 4 is 89.5 Å². The third-order valence-corrected chi connectivity index (χ3v) is 31.6. The number of nitrogens with zero attached hydrogens (tertiary/aromatic N) is 4. The molecular formula is C102H70N4S6. The standard InChI is InChI=1S/C102H70N4S6/c1-57-9-25-67(26-10-57)99(68-27-11-58(2)12-28-68)83-51-81-85(49-79(83)93-87(99)47-77(109-93)45-75-41-43-89(107-75)65(53-103)54-104)101(71-33-17-61(5)18-34-71,72-35-19-62(6)20-36-72)91-95(81)111-98-92-96(112-97(91)98)82-52-84-80(50-86(82)102(92,73-37-21-63(7)22-38-73)74-39-23-64(8)24-40-74)94-88(48-78(110-94)46-76-42-44-90(108-76)66(55-105)56-106)100(84,69-29-13-59(3)14-30-69)70-31-15-60(4)16-32-70/h9-45,47-52,76H,46H2,1-8H3/b75-45+. The highest BCUT2D eigenvalue weighted by atomic mass is 32.2. The third-order valence-electron chi connectivity index (χ3n) is 24.4. The van der Waals surface area contributed by atoms with Crippen LogP contribution in [0.1, 0.15) is 143 Å². The molecule has 20 rings (SSSR count). The van der Waals surface area contributed by atoms with Crippen LogP contribution in [-0.2, 0) is 28.1 Å². The van der Waals surface area contributed by atoms with Gasteiger partial charge in [0.2, 0.25) is 0 Å². The van der Waals surface area contributed by atoms with Crippen molar-refractivity contribution in [3.8, 4) is 66.0 Å². The Morgan fingerprint density at radius 2 is 0.652 bits per heavy atom. The van der Waals surface area contributed by atoms with Crippen LogP contribution < -0.4 is 9.06 Å². The summed E-state index contributed by atoms with van der Waals surface area (Å²) in [5, 5.41) is 40.1. The molecule has 0 saturated heterocycles. The van der Waals surface area contributed by atoms with Crippen LogP contribution in [0.2, 0.25) is 0 Å². The van der Waals surface area contributed by atoms with E-state index in [4.69, 9.17) is 0 Å². The molecule has 0 radical (unpaired) electrons. The molecule has 10 aromatic carbocycles. The SMILES string of the molecule is Cc1ccc(C2(c3ccc(C)cc3)c3cc4c(cc3-c3sc(/C=c5\ccc(=C(C#N)C#N)s5)cc32)C(c2ccc(C)cc2)(c2ccc(C)cc2)c2c-4sc3c4c(sc23)-c2cc3c(cc2C4(c2ccc(C)cc2)c2ccc(C)cc2)-c2sc(CC4C=CC(=C(C#N)C#N)S4)cc2C3(c2ccc(C)cc2)c2ccc(C)cc2)cc1. The lowest BCUT2D eigenvalue weighted by Crippen LogP contribution is -2.30. The average Bonchev–Trinajstić information content (AvgIpc) is 1.48. The first kappa shape index (κ1) is 69.7. The molecule has 534 valence electrons.